The predicted molar refractivity (Wildman–Crippen MR) is 120 cm³/mol. The third-order valence-electron chi connectivity index (χ3n) is 6.21. The molecule has 0 bridgehead atoms. The third kappa shape index (κ3) is 3.39. The molecule has 0 unspecified atom stereocenters. The fourth-order valence-electron chi connectivity index (χ4n) is 4.56. The number of esters is 1. The van der Waals surface area contributed by atoms with Crippen molar-refractivity contribution in [2.45, 2.75) is 40.0 Å². The molecule has 0 radical (unpaired) electrons. The number of rotatable bonds is 5. The van der Waals surface area contributed by atoms with E-state index >= 15 is 0 Å². The number of Topliss-reactive ketones (excluding diaryl/α,β-unsaturated/α-hetero) is 1. The first-order chi connectivity index (χ1) is 15.4. The van der Waals surface area contributed by atoms with Crippen molar-refractivity contribution < 1.29 is 14.3 Å². The smallest absolute Gasteiger partial charge is 0.340 e. The zero-order valence-corrected chi connectivity index (χ0v) is 18.4. The van der Waals surface area contributed by atoms with Crippen LogP contribution in [0.3, 0.4) is 0 Å². The summed E-state index contributed by atoms with van der Waals surface area (Å²) in [5.74, 6) is -0.106. The van der Waals surface area contributed by atoms with E-state index in [1.54, 1.807) is 29.7 Å². The fourth-order valence-corrected chi connectivity index (χ4v) is 4.56. The highest BCUT2D eigenvalue weighted by Crippen LogP contribution is 2.27. The summed E-state index contributed by atoms with van der Waals surface area (Å²) in [5.41, 5.74) is 7.25. The Morgan fingerprint density at radius 2 is 1.81 bits per heavy atom. The van der Waals surface area contributed by atoms with E-state index in [1.165, 1.54) is 17.5 Å². The van der Waals surface area contributed by atoms with Gasteiger partial charge in [-0.1, -0.05) is 6.07 Å². The van der Waals surface area contributed by atoms with Crippen molar-refractivity contribution in [1.82, 2.24) is 19.2 Å². The van der Waals surface area contributed by atoms with Crippen molar-refractivity contribution in [2.24, 2.45) is 0 Å². The lowest BCUT2D eigenvalue weighted by Crippen LogP contribution is -2.15. The van der Waals surface area contributed by atoms with Gasteiger partial charge < -0.3 is 9.30 Å². The number of ketones is 1. The van der Waals surface area contributed by atoms with E-state index in [4.69, 9.17) is 4.74 Å². The highest BCUT2D eigenvalue weighted by Gasteiger charge is 2.20. The molecule has 32 heavy (non-hydrogen) atoms. The van der Waals surface area contributed by atoms with Gasteiger partial charge in [-0.15, -0.1) is 10.2 Å². The topological polar surface area (TPSA) is 78.5 Å². The van der Waals surface area contributed by atoms with E-state index < -0.39 is 5.97 Å². The van der Waals surface area contributed by atoms with Gasteiger partial charge in [-0.25, -0.2) is 4.79 Å². The molecule has 7 heteroatoms. The Kier molecular flexibility index (Phi) is 4.89. The lowest BCUT2D eigenvalue weighted by atomic mass is 10.1. The number of nitrogens with zero attached hydrogens (tertiary/aromatic N) is 4. The summed E-state index contributed by atoms with van der Waals surface area (Å²) in [5, 5.41) is 7.98. The molecule has 0 fully saturated rings. The summed E-state index contributed by atoms with van der Waals surface area (Å²) in [7, 11) is 0. The number of carbonyl (C=O) groups is 2. The monoisotopic (exact) mass is 428 g/mol. The summed E-state index contributed by atoms with van der Waals surface area (Å²) < 4.78 is 9.13. The lowest BCUT2D eigenvalue weighted by molar-refractivity contribution is 0.0474. The van der Waals surface area contributed by atoms with Crippen LogP contribution in [0, 0.1) is 20.8 Å². The Morgan fingerprint density at radius 1 is 1.00 bits per heavy atom. The molecule has 1 aliphatic carbocycles. The molecule has 0 aliphatic heterocycles. The molecule has 162 valence electrons. The molecule has 0 atom stereocenters. The van der Waals surface area contributed by atoms with Crippen molar-refractivity contribution >= 4 is 17.4 Å². The van der Waals surface area contributed by atoms with Crippen LogP contribution in [0.2, 0.25) is 0 Å². The Hall–Kier alpha value is -3.74. The summed E-state index contributed by atoms with van der Waals surface area (Å²) in [6, 6.07) is 11.7. The van der Waals surface area contributed by atoms with E-state index in [1.807, 2.05) is 19.9 Å². The Balaban J connectivity index is 1.34. The minimum atomic E-state index is -0.555. The zero-order chi connectivity index (χ0) is 22.4. The minimum Gasteiger partial charge on any atom is -0.454 e. The molecule has 7 nitrogen and oxygen atoms in total. The van der Waals surface area contributed by atoms with Crippen LogP contribution in [0.4, 0.5) is 0 Å². The number of hydrogen-bond donors (Lipinski definition) is 0. The fraction of sp³-hybridized carbons (Fsp3) is 0.280. The first-order valence-electron chi connectivity index (χ1n) is 10.7. The molecule has 1 aromatic carbocycles. The van der Waals surface area contributed by atoms with E-state index in [0.717, 1.165) is 29.9 Å². The van der Waals surface area contributed by atoms with Gasteiger partial charge in [-0.05, 0) is 81.5 Å². The molecule has 0 spiro atoms. The number of hydrogen-bond acceptors (Lipinski definition) is 5. The molecule has 5 rings (SSSR count). The molecule has 4 aromatic rings. The summed E-state index contributed by atoms with van der Waals surface area (Å²) >= 11 is 0. The first kappa shape index (κ1) is 20.2. The van der Waals surface area contributed by atoms with Gasteiger partial charge in [0.05, 0.1) is 5.56 Å². The molecule has 3 heterocycles. The summed E-state index contributed by atoms with van der Waals surface area (Å²) in [4.78, 5) is 25.4. The molecule has 0 N–H and O–H groups in total. The number of pyridine rings is 1. The van der Waals surface area contributed by atoms with Gasteiger partial charge in [0.1, 0.15) is 5.82 Å². The summed E-state index contributed by atoms with van der Waals surface area (Å²) in [6.07, 6.45) is 5.06. The molecule has 0 saturated carbocycles. The number of aromatic nitrogens is 4. The van der Waals surface area contributed by atoms with Crippen LogP contribution in [-0.2, 0) is 17.6 Å². The standard InChI is InChI=1S/C25H24N4O3/c1-15-11-22(16(2)29(15)21-9-7-18-5-4-6-19(18)12-21)23(30)14-32-25(31)20-8-10-24-27-26-17(3)28(24)13-20/h7-13H,4-6,14H2,1-3H3. The van der Waals surface area contributed by atoms with Gasteiger partial charge in [0.15, 0.2) is 12.3 Å². The quantitative estimate of drug-likeness (QED) is 0.355. The van der Waals surface area contributed by atoms with Crippen LogP contribution < -0.4 is 0 Å². The van der Waals surface area contributed by atoms with E-state index in [0.29, 0.717) is 22.6 Å². The van der Waals surface area contributed by atoms with Gasteiger partial charge in [0, 0.05) is 28.8 Å². The van der Waals surface area contributed by atoms with Crippen LogP contribution in [0.5, 0.6) is 0 Å². The second kappa shape index (κ2) is 7.75. The summed E-state index contributed by atoms with van der Waals surface area (Å²) in [6.45, 7) is 5.40. The van der Waals surface area contributed by atoms with Crippen LogP contribution in [0.15, 0.2) is 42.6 Å². The van der Waals surface area contributed by atoms with Crippen LogP contribution in [-0.4, -0.2) is 37.5 Å². The van der Waals surface area contributed by atoms with Crippen LogP contribution in [0.25, 0.3) is 11.3 Å². The maximum absolute atomic E-state index is 12.9. The van der Waals surface area contributed by atoms with Crippen molar-refractivity contribution in [3.63, 3.8) is 0 Å². The van der Waals surface area contributed by atoms with Crippen molar-refractivity contribution in [3.05, 3.63) is 82.1 Å². The van der Waals surface area contributed by atoms with E-state index in [-0.39, 0.29) is 12.4 Å². The van der Waals surface area contributed by atoms with Gasteiger partial charge >= 0.3 is 5.97 Å². The number of fused-ring (bicyclic) bond motifs is 2. The van der Waals surface area contributed by atoms with Gasteiger partial charge in [-0.2, -0.15) is 0 Å². The Labute approximate surface area is 185 Å². The minimum absolute atomic E-state index is 0.222. The van der Waals surface area contributed by atoms with Crippen LogP contribution >= 0.6 is 0 Å². The highest BCUT2D eigenvalue weighted by molar-refractivity contribution is 6.00. The normalized spacial score (nSPS) is 12.8. The number of benzene rings is 1. The molecule has 1 aliphatic rings. The number of ether oxygens (including phenoxy) is 1. The first-order valence-corrected chi connectivity index (χ1v) is 10.7. The maximum Gasteiger partial charge on any atom is 0.340 e. The molecular formula is C25H24N4O3. The van der Waals surface area contributed by atoms with Gasteiger partial charge in [0.2, 0.25) is 5.78 Å². The molecule has 3 aromatic heterocycles. The number of carbonyl (C=O) groups excluding carboxylic acids is 2. The van der Waals surface area contributed by atoms with Crippen LogP contribution in [0.1, 0.15) is 55.5 Å². The third-order valence-corrected chi connectivity index (χ3v) is 6.21. The SMILES string of the molecule is Cc1cc(C(=O)COC(=O)c2ccc3nnc(C)n3c2)c(C)n1-c1ccc2c(c1)CCC2. The highest BCUT2D eigenvalue weighted by atomic mass is 16.5. The molecular weight excluding hydrogens is 404 g/mol. The van der Waals surface area contributed by atoms with E-state index in [9.17, 15) is 9.59 Å². The second-order valence-corrected chi connectivity index (χ2v) is 8.32. The zero-order valence-electron chi connectivity index (χ0n) is 18.4. The number of aryl methyl sites for hydroxylation is 4. The second-order valence-electron chi connectivity index (χ2n) is 8.32. The Morgan fingerprint density at radius 3 is 2.66 bits per heavy atom. The predicted octanol–water partition coefficient (Wildman–Crippen LogP) is 3.97. The van der Waals surface area contributed by atoms with Crippen molar-refractivity contribution in [1.29, 1.82) is 0 Å². The average molecular weight is 428 g/mol. The molecule has 0 amide bonds. The largest absolute Gasteiger partial charge is 0.454 e. The average Bonchev–Trinajstić information content (AvgIpc) is 3.48. The van der Waals surface area contributed by atoms with Crippen molar-refractivity contribution in [3.8, 4) is 5.69 Å². The maximum atomic E-state index is 12.9. The molecule has 0 saturated heterocycles. The lowest BCUT2D eigenvalue weighted by Gasteiger charge is -2.12. The Bertz CT molecular complexity index is 1380. The van der Waals surface area contributed by atoms with E-state index in [2.05, 4.69) is 33.0 Å². The van der Waals surface area contributed by atoms with Crippen molar-refractivity contribution in [2.75, 3.05) is 6.61 Å². The van der Waals surface area contributed by atoms with Gasteiger partial charge in [0.25, 0.3) is 0 Å². The van der Waals surface area contributed by atoms with Gasteiger partial charge in [-0.3, -0.25) is 9.20 Å².